The summed E-state index contributed by atoms with van der Waals surface area (Å²) < 4.78 is 15.9. The molecule has 0 saturated carbocycles. The lowest BCUT2D eigenvalue weighted by molar-refractivity contribution is -0.123. The van der Waals surface area contributed by atoms with Gasteiger partial charge in [-0.15, -0.1) is 0 Å². The Morgan fingerprint density at radius 2 is 2.00 bits per heavy atom. The van der Waals surface area contributed by atoms with Crippen molar-refractivity contribution < 1.29 is 18.7 Å². The predicted molar refractivity (Wildman–Crippen MR) is 83.1 cm³/mol. The zero-order valence-corrected chi connectivity index (χ0v) is 12.9. The first-order chi connectivity index (χ1) is 10.7. The number of carbonyl (C=O) groups excluding carboxylic acids is 1. The maximum absolute atomic E-state index is 11.9. The monoisotopic (exact) mass is 303 g/mol. The van der Waals surface area contributed by atoms with Crippen molar-refractivity contribution in [3.8, 4) is 11.5 Å². The van der Waals surface area contributed by atoms with Gasteiger partial charge in [0, 0.05) is 12.5 Å². The topological polar surface area (TPSA) is 60.7 Å². The Morgan fingerprint density at radius 1 is 1.23 bits per heavy atom. The number of nitrogens with one attached hydrogen (secondary N) is 1. The molecular weight excluding hydrogens is 282 g/mol. The molecule has 2 aromatic rings. The number of aryl methyl sites for hydroxylation is 1. The first kappa shape index (κ1) is 15.9. The number of methoxy groups -OCH3 is 1. The van der Waals surface area contributed by atoms with E-state index in [1.807, 2.05) is 31.2 Å². The molecule has 1 N–H and O–H groups in total. The van der Waals surface area contributed by atoms with E-state index in [1.165, 1.54) is 0 Å². The molecule has 0 saturated heterocycles. The van der Waals surface area contributed by atoms with Gasteiger partial charge in [0.1, 0.15) is 5.76 Å². The molecule has 22 heavy (non-hydrogen) atoms. The molecule has 0 bridgehead atoms. The summed E-state index contributed by atoms with van der Waals surface area (Å²) in [6, 6.07) is 11.1. The largest absolute Gasteiger partial charge is 0.493 e. The molecule has 1 aromatic carbocycles. The van der Waals surface area contributed by atoms with E-state index in [0.717, 1.165) is 18.6 Å². The van der Waals surface area contributed by atoms with E-state index >= 15 is 0 Å². The highest BCUT2D eigenvalue weighted by Gasteiger charge is 2.10. The Bertz CT molecular complexity index is 580. The molecule has 1 amide bonds. The summed E-state index contributed by atoms with van der Waals surface area (Å²) in [6.45, 7) is 1.93. The Hall–Kier alpha value is -2.43. The van der Waals surface area contributed by atoms with E-state index in [2.05, 4.69) is 5.32 Å². The number of hydrogen-bond acceptors (Lipinski definition) is 4. The minimum absolute atomic E-state index is 0.0362. The third-order valence-electron chi connectivity index (χ3n) is 3.24. The van der Waals surface area contributed by atoms with Crippen LogP contribution in [0.2, 0.25) is 0 Å². The van der Waals surface area contributed by atoms with Crippen molar-refractivity contribution in [2.75, 3.05) is 13.7 Å². The van der Waals surface area contributed by atoms with Crippen LogP contribution in [0.1, 0.15) is 19.1 Å². The lowest BCUT2D eigenvalue weighted by Crippen LogP contribution is -2.36. The van der Waals surface area contributed by atoms with E-state index in [1.54, 1.807) is 25.5 Å². The fraction of sp³-hybridized carbons (Fsp3) is 0.353. The minimum atomic E-state index is -0.155. The molecule has 0 aliphatic heterocycles. The molecule has 0 fully saturated rings. The highest BCUT2D eigenvalue weighted by molar-refractivity contribution is 5.77. The predicted octanol–water partition coefficient (Wildman–Crippen LogP) is 2.80. The smallest absolute Gasteiger partial charge is 0.258 e. The second kappa shape index (κ2) is 8.12. The van der Waals surface area contributed by atoms with Crippen LogP contribution in [0.3, 0.4) is 0 Å². The van der Waals surface area contributed by atoms with Crippen LogP contribution in [0.5, 0.6) is 11.5 Å². The Labute approximate surface area is 130 Å². The molecule has 1 heterocycles. The van der Waals surface area contributed by atoms with Gasteiger partial charge in [-0.3, -0.25) is 4.79 Å². The van der Waals surface area contributed by atoms with Gasteiger partial charge in [-0.05, 0) is 37.6 Å². The Morgan fingerprint density at radius 3 is 2.68 bits per heavy atom. The van der Waals surface area contributed by atoms with Gasteiger partial charge in [-0.1, -0.05) is 12.1 Å². The van der Waals surface area contributed by atoms with Gasteiger partial charge in [-0.25, -0.2) is 0 Å². The lowest BCUT2D eigenvalue weighted by Gasteiger charge is -2.14. The number of ether oxygens (including phenoxy) is 2. The van der Waals surface area contributed by atoms with Crippen LogP contribution in [0.4, 0.5) is 0 Å². The van der Waals surface area contributed by atoms with Crippen LogP contribution < -0.4 is 14.8 Å². The van der Waals surface area contributed by atoms with E-state index in [0.29, 0.717) is 11.5 Å². The first-order valence-corrected chi connectivity index (χ1v) is 7.26. The van der Waals surface area contributed by atoms with Crippen molar-refractivity contribution in [2.24, 2.45) is 0 Å². The summed E-state index contributed by atoms with van der Waals surface area (Å²) in [5, 5.41) is 2.90. The first-order valence-electron chi connectivity index (χ1n) is 7.26. The molecule has 0 aliphatic carbocycles. The maximum Gasteiger partial charge on any atom is 0.258 e. The Kier molecular flexibility index (Phi) is 5.89. The van der Waals surface area contributed by atoms with Crippen molar-refractivity contribution in [3.63, 3.8) is 0 Å². The summed E-state index contributed by atoms with van der Waals surface area (Å²) in [5.41, 5.74) is 0. The zero-order valence-electron chi connectivity index (χ0n) is 12.9. The normalized spacial score (nSPS) is 11.7. The number of furan rings is 1. The van der Waals surface area contributed by atoms with Crippen LogP contribution in [-0.2, 0) is 11.2 Å². The molecular formula is C17H21NO4. The van der Waals surface area contributed by atoms with Crippen molar-refractivity contribution in [1.82, 2.24) is 5.32 Å². The zero-order chi connectivity index (χ0) is 15.8. The van der Waals surface area contributed by atoms with Gasteiger partial charge >= 0.3 is 0 Å². The van der Waals surface area contributed by atoms with Crippen molar-refractivity contribution in [1.29, 1.82) is 0 Å². The SMILES string of the molecule is COc1ccccc1OCC(=O)N[C@@H](C)CCc1ccco1. The molecule has 2 rings (SSSR count). The molecule has 1 aromatic heterocycles. The highest BCUT2D eigenvalue weighted by atomic mass is 16.5. The molecule has 1 atom stereocenters. The number of amides is 1. The van der Waals surface area contributed by atoms with E-state index in [-0.39, 0.29) is 18.6 Å². The summed E-state index contributed by atoms with van der Waals surface area (Å²) in [5.74, 6) is 1.94. The summed E-state index contributed by atoms with van der Waals surface area (Å²) in [6.07, 6.45) is 3.26. The molecule has 0 unspecified atom stereocenters. The van der Waals surface area contributed by atoms with Gasteiger partial charge in [0.15, 0.2) is 18.1 Å². The number of rotatable bonds is 8. The maximum atomic E-state index is 11.9. The van der Waals surface area contributed by atoms with Gasteiger partial charge < -0.3 is 19.2 Å². The average Bonchev–Trinajstić information content (AvgIpc) is 3.04. The standard InChI is InChI=1S/C17H21NO4/c1-13(9-10-14-6-5-11-21-14)18-17(19)12-22-16-8-4-3-7-15(16)20-2/h3-8,11,13H,9-10,12H2,1-2H3,(H,18,19)/t13-/m0/s1. The molecule has 0 spiro atoms. The van der Waals surface area contributed by atoms with Crippen molar-refractivity contribution >= 4 is 5.91 Å². The van der Waals surface area contributed by atoms with Gasteiger partial charge in [0.05, 0.1) is 13.4 Å². The van der Waals surface area contributed by atoms with Crippen LogP contribution in [0.25, 0.3) is 0 Å². The third kappa shape index (κ3) is 4.84. The molecule has 0 aliphatic rings. The Balaban J connectivity index is 1.73. The number of hydrogen-bond donors (Lipinski definition) is 1. The van der Waals surface area contributed by atoms with Crippen LogP contribution in [0, 0.1) is 0 Å². The summed E-state index contributed by atoms with van der Waals surface area (Å²) in [4.78, 5) is 11.9. The molecule has 0 radical (unpaired) electrons. The van der Waals surface area contributed by atoms with Crippen molar-refractivity contribution in [2.45, 2.75) is 25.8 Å². The number of carbonyl (C=O) groups is 1. The number of para-hydroxylation sites is 2. The fourth-order valence-corrected chi connectivity index (χ4v) is 2.08. The fourth-order valence-electron chi connectivity index (χ4n) is 2.08. The van der Waals surface area contributed by atoms with Crippen LogP contribution >= 0.6 is 0 Å². The molecule has 5 heteroatoms. The highest BCUT2D eigenvalue weighted by Crippen LogP contribution is 2.25. The molecule has 5 nitrogen and oxygen atoms in total. The molecule has 118 valence electrons. The summed E-state index contributed by atoms with van der Waals surface area (Å²) in [7, 11) is 1.57. The number of benzene rings is 1. The van der Waals surface area contributed by atoms with Gasteiger partial charge in [-0.2, -0.15) is 0 Å². The minimum Gasteiger partial charge on any atom is -0.493 e. The van der Waals surface area contributed by atoms with Crippen LogP contribution in [0.15, 0.2) is 47.1 Å². The quantitative estimate of drug-likeness (QED) is 0.814. The van der Waals surface area contributed by atoms with Gasteiger partial charge in [0.25, 0.3) is 5.91 Å². The second-order valence-corrected chi connectivity index (χ2v) is 5.03. The van der Waals surface area contributed by atoms with Gasteiger partial charge in [0.2, 0.25) is 0 Å². The van der Waals surface area contributed by atoms with Crippen molar-refractivity contribution in [3.05, 3.63) is 48.4 Å². The van der Waals surface area contributed by atoms with Crippen LogP contribution in [-0.4, -0.2) is 25.7 Å². The van der Waals surface area contributed by atoms with E-state index < -0.39 is 0 Å². The third-order valence-corrected chi connectivity index (χ3v) is 3.24. The lowest BCUT2D eigenvalue weighted by atomic mass is 10.1. The summed E-state index contributed by atoms with van der Waals surface area (Å²) >= 11 is 0. The van der Waals surface area contributed by atoms with E-state index in [9.17, 15) is 4.79 Å². The average molecular weight is 303 g/mol. The second-order valence-electron chi connectivity index (χ2n) is 5.03. The van der Waals surface area contributed by atoms with E-state index in [4.69, 9.17) is 13.9 Å².